The zero-order valence-corrected chi connectivity index (χ0v) is 19.3. The highest BCUT2D eigenvalue weighted by Crippen LogP contribution is 2.36. The van der Waals surface area contributed by atoms with Crippen LogP contribution in [0.4, 0.5) is 0 Å². The van der Waals surface area contributed by atoms with E-state index in [0.717, 1.165) is 25.6 Å². The van der Waals surface area contributed by atoms with Crippen molar-refractivity contribution in [1.29, 1.82) is 0 Å². The van der Waals surface area contributed by atoms with Gasteiger partial charge in [-0.3, -0.25) is 0 Å². The zero-order chi connectivity index (χ0) is 18.2. The number of rotatable bonds is 7. The van der Waals surface area contributed by atoms with Crippen LogP contribution in [-0.4, -0.2) is 39.1 Å². The molecule has 148 valence electrons. The monoisotopic (exact) mass is 499 g/mol. The van der Waals surface area contributed by atoms with Crippen LogP contribution < -0.4 is 10.6 Å². The molecule has 0 spiro atoms. The summed E-state index contributed by atoms with van der Waals surface area (Å²) >= 11 is 2.07. The van der Waals surface area contributed by atoms with E-state index in [9.17, 15) is 0 Å². The fourth-order valence-corrected chi connectivity index (χ4v) is 4.42. The van der Waals surface area contributed by atoms with Crippen molar-refractivity contribution in [3.63, 3.8) is 0 Å². The maximum Gasteiger partial charge on any atom is 0.191 e. The van der Waals surface area contributed by atoms with E-state index < -0.39 is 0 Å². The summed E-state index contributed by atoms with van der Waals surface area (Å²) in [6.07, 6.45) is 8.24. The first-order chi connectivity index (χ1) is 12.7. The molecule has 2 heterocycles. The number of thioether (sulfide) groups is 1. The van der Waals surface area contributed by atoms with Gasteiger partial charge in [-0.25, -0.2) is 9.98 Å². The van der Waals surface area contributed by atoms with Crippen LogP contribution in [0.3, 0.4) is 0 Å². The van der Waals surface area contributed by atoms with Crippen molar-refractivity contribution in [2.75, 3.05) is 18.8 Å². The normalized spacial score (nSPS) is 19.6. The maximum atomic E-state index is 4.78. The molecule has 2 aromatic rings. The largest absolute Gasteiger partial charge is 0.357 e. The Bertz CT molecular complexity index is 711. The molecule has 1 aromatic heterocycles. The Hall–Kier alpha value is -1.22. The number of guanidine groups is 1. The zero-order valence-electron chi connectivity index (χ0n) is 16.1. The van der Waals surface area contributed by atoms with E-state index in [1.165, 1.54) is 29.7 Å². The third-order valence-electron chi connectivity index (χ3n) is 4.61. The molecule has 1 unspecified atom stereocenters. The van der Waals surface area contributed by atoms with Gasteiger partial charge in [0, 0.05) is 36.8 Å². The number of hydrogen-bond donors (Lipinski definition) is 2. The first-order valence-corrected chi connectivity index (χ1v) is 10.4. The number of aromatic nitrogens is 2. The molecule has 1 atom stereocenters. The van der Waals surface area contributed by atoms with Gasteiger partial charge in [-0.2, -0.15) is 11.8 Å². The lowest BCUT2D eigenvalue weighted by atomic mass is 10.1. The molecule has 0 saturated carbocycles. The number of hydrogen-bond acceptors (Lipinski definition) is 3. The Morgan fingerprint density at radius 2 is 2.19 bits per heavy atom. The predicted molar refractivity (Wildman–Crippen MR) is 126 cm³/mol. The minimum absolute atomic E-state index is 0. The van der Waals surface area contributed by atoms with Gasteiger partial charge >= 0.3 is 0 Å². The second-order valence-electron chi connectivity index (χ2n) is 7.01. The molecule has 0 amide bonds. The molecule has 1 saturated heterocycles. The van der Waals surface area contributed by atoms with Gasteiger partial charge in [0.25, 0.3) is 0 Å². The molecule has 0 radical (unpaired) electrons. The van der Waals surface area contributed by atoms with Crippen LogP contribution >= 0.6 is 35.7 Å². The van der Waals surface area contributed by atoms with Crippen LogP contribution in [0.25, 0.3) is 0 Å². The van der Waals surface area contributed by atoms with Gasteiger partial charge in [0.2, 0.25) is 0 Å². The summed E-state index contributed by atoms with van der Waals surface area (Å²) in [5.74, 6) is 2.18. The maximum absolute atomic E-state index is 4.78. The highest BCUT2D eigenvalue weighted by atomic mass is 127. The molecule has 1 aliphatic heterocycles. The van der Waals surface area contributed by atoms with E-state index in [0.29, 0.717) is 11.3 Å². The summed E-state index contributed by atoms with van der Waals surface area (Å²) in [7, 11) is 0. The topological polar surface area (TPSA) is 54.2 Å². The Morgan fingerprint density at radius 1 is 1.33 bits per heavy atom. The molecular formula is C20H30IN5S. The lowest BCUT2D eigenvalue weighted by Gasteiger charge is -2.24. The Balaban J connectivity index is 0.00000261. The van der Waals surface area contributed by atoms with Gasteiger partial charge in [-0.15, -0.1) is 24.0 Å². The van der Waals surface area contributed by atoms with Gasteiger partial charge in [0.05, 0.1) is 12.9 Å². The molecule has 5 nitrogen and oxygen atoms in total. The average molecular weight is 499 g/mol. The molecule has 1 fully saturated rings. The number of imidazole rings is 1. The molecule has 1 aliphatic rings. The van der Waals surface area contributed by atoms with Crippen LogP contribution in [0.1, 0.15) is 37.8 Å². The summed E-state index contributed by atoms with van der Waals surface area (Å²) < 4.78 is 2.41. The summed E-state index contributed by atoms with van der Waals surface area (Å²) in [5, 5.41) is 6.89. The second-order valence-corrected chi connectivity index (χ2v) is 8.69. The highest BCUT2D eigenvalue weighted by Gasteiger charge is 2.29. The first kappa shape index (κ1) is 22.1. The SMILES string of the molecule is CCNC(=NCc1cccc(Cn2ccnc2)c1)NCC1(C)CCCS1.I. The van der Waals surface area contributed by atoms with Crippen molar-refractivity contribution in [3.05, 3.63) is 54.1 Å². The van der Waals surface area contributed by atoms with Gasteiger partial charge in [0.15, 0.2) is 5.96 Å². The molecule has 0 bridgehead atoms. The number of benzene rings is 1. The summed E-state index contributed by atoms with van der Waals surface area (Å²) in [5.41, 5.74) is 2.49. The predicted octanol–water partition coefficient (Wildman–Crippen LogP) is 3.89. The Morgan fingerprint density at radius 3 is 2.89 bits per heavy atom. The van der Waals surface area contributed by atoms with Crippen LogP contribution in [0.5, 0.6) is 0 Å². The number of nitrogens with zero attached hydrogens (tertiary/aromatic N) is 3. The van der Waals surface area contributed by atoms with Crippen molar-refractivity contribution < 1.29 is 0 Å². The second kappa shape index (κ2) is 10.9. The van der Waals surface area contributed by atoms with Crippen molar-refractivity contribution in [2.45, 2.75) is 44.5 Å². The molecule has 27 heavy (non-hydrogen) atoms. The summed E-state index contributed by atoms with van der Waals surface area (Å²) in [4.78, 5) is 8.88. The average Bonchev–Trinajstić information content (AvgIpc) is 3.30. The summed E-state index contributed by atoms with van der Waals surface area (Å²) in [6.45, 7) is 7.80. The molecule has 0 aliphatic carbocycles. The van der Waals surface area contributed by atoms with E-state index in [1.807, 2.05) is 18.7 Å². The van der Waals surface area contributed by atoms with Crippen molar-refractivity contribution in [1.82, 2.24) is 20.2 Å². The lowest BCUT2D eigenvalue weighted by molar-refractivity contribution is 0.584. The van der Waals surface area contributed by atoms with E-state index in [4.69, 9.17) is 4.99 Å². The van der Waals surface area contributed by atoms with Gasteiger partial charge < -0.3 is 15.2 Å². The first-order valence-electron chi connectivity index (χ1n) is 9.36. The Labute approximate surface area is 183 Å². The Kier molecular flexibility index (Phi) is 8.95. The van der Waals surface area contributed by atoms with Crippen molar-refractivity contribution in [3.8, 4) is 0 Å². The van der Waals surface area contributed by atoms with Crippen LogP contribution in [0, 0.1) is 0 Å². The minimum atomic E-state index is 0. The number of nitrogens with one attached hydrogen (secondary N) is 2. The molecule has 1 aromatic carbocycles. The van der Waals surface area contributed by atoms with Gasteiger partial charge in [-0.1, -0.05) is 24.3 Å². The molecule has 2 N–H and O–H groups in total. The van der Waals surface area contributed by atoms with Crippen molar-refractivity contribution >= 4 is 41.7 Å². The van der Waals surface area contributed by atoms with E-state index in [-0.39, 0.29) is 24.0 Å². The third-order valence-corrected chi connectivity index (χ3v) is 6.15. The molecule has 3 rings (SSSR count). The quantitative estimate of drug-likeness (QED) is 0.345. The fourth-order valence-electron chi connectivity index (χ4n) is 3.18. The third kappa shape index (κ3) is 7.03. The van der Waals surface area contributed by atoms with Crippen molar-refractivity contribution in [2.24, 2.45) is 4.99 Å². The van der Waals surface area contributed by atoms with E-state index in [2.05, 4.69) is 70.1 Å². The van der Waals surface area contributed by atoms with E-state index in [1.54, 1.807) is 0 Å². The van der Waals surface area contributed by atoms with E-state index >= 15 is 0 Å². The fraction of sp³-hybridized carbons (Fsp3) is 0.500. The minimum Gasteiger partial charge on any atom is -0.357 e. The molecule has 7 heteroatoms. The van der Waals surface area contributed by atoms with Gasteiger partial charge in [0.1, 0.15) is 0 Å². The smallest absolute Gasteiger partial charge is 0.191 e. The lowest BCUT2D eigenvalue weighted by Crippen LogP contribution is -2.43. The highest BCUT2D eigenvalue weighted by molar-refractivity contribution is 14.0. The van der Waals surface area contributed by atoms with Crippen LogP contribution in [0.2, 0.25) is 0 Å². The number of halogens is 1. The molecular weight excluding hydrogens is 469 g/mol. The van der Waals surface area contributed by atoms with Crippen LogP contribution in [0.15, 0.2) is 48.0 Å². The number of aliphatic imine (C=N–C) groups is 1. The standard InChI is InChI=1S/C20H29N5S.HI/c1-3-22-19(24-15-20(2)8-5-11-26-20)23-13-17-6-4-7-18(12-17)14-25-10-9-21-16-25;/h4,6-7,9-10,12,16H,3,5,8,11,13-15H2,1-2H3,(H2,22,23,24);1H. The van der Waals surface area contributed by atoms with Crippen LogP contribution in [-0.2, 0) is 13.1 Å². The summed E-state index contributed by atoms with van der Waals surface area (Å²) in [6, 6.07) is 8.61. The van der Waals surface area contributed by atoms with Gasteiger partial charge in [-0.05, 0) is 43.6 Å².